The highest BCUT2D eigenvalue weighted by atomic mass is 16.5. The maximum Gasteiger partial charge on any atom is 0.341 e. The van der Waals surface area contributed by atoms with Gasteiger partial charge in [0.2, 0.25) is 0 Å². The topological polar surface area (TPSA) is 95.9 Å². The fourth-order valence-corrected chi connectivity index (χ4v) is 3.41. The predicted octanol–water partition coefficient (Wildman–Crippen LogP) is 3.67. The van der Waals surface area contributed by atoms with Gasteiger partial charge in [0.1, 0.15) is 6.61 Å². The number of urea groups is 1. The maximum atomic E-state index is 12.4. The van der Waals surface area contributed by atoms with Gasteiger partial charge in [0.05, 0.1) is 11.3 Å². The van der Waals surface area contributed by atoms with Gasteiger partial charge in [-0.2, -0.15) is 0 Å². The molecule has 152 valence electrons. The second-order valence-corrected chi connectivity index (χ2v) is 7.21. The van der Waals surface area contributed by atoms with Gasteiger partial charge in [-0.1, -0.05) is 18.6 Å². The fraction of sp³-hybridized carbons (Fsp3) is 0.476. The summed E-state index contributed by atoms with van der Waals surface area (Å²) in [5, 5.41) is 11.7. The number of aliphatic carboxylic acids is 1. The summed E-state index contributed by atoms with van der Waals surface area (Å²) < 4.78 is 5.25. The molecule has 1 heterocycles. The lowest BCUT2D eigenvalue weighted by atomic mass is 9.88. The second kappa shape index (κ2) is 8.91. The molecule has 0 aromatic heterocycles. The van der Waals surface area contributed by atoms with Crippen molar-refractivity contribution >= 4 is 23.7 Å². The van der Waals surface area contributed by atoms with Crippen LogP contribution in [-0.4, -0.2) is 42.1 Å². The Morgan fingerprint density at radius 1 is 1.25 bits per heavy atom. The number of fused-ring (bicyclic) bond motifs is 1. The van der Waals surface area contributed by atoms with Crippen molar-refractivity contribution in [2.75, 3.05) is 19.4 Å². The molecular formula is C21H28N2O5. The monoisotopic (exact) mass is 388 g/mol. The summed E-state index contributed by atoms with van der Waals surface area (Å²) >= 11 is 0. The maximum absolute atomic E-state index is 12.4. The summed E-state index contributed by atoms with van der Waals surface area (Å²) in [5.41, 5.74) is 5.67. The number of rotatable bonds is 7. The molecule has 0 fully saturated rings. The molecule has 2 rings (SSSR count). The molecule has 0 unspecified atom stereocenters. The third kappa shape index (κ3) is 4.52. The Balaban J connectivity index is 2.55. The van der Waals surface area contributed by atoms with E-state index < -0.39 is 11.9 Å². The van der Waals surface area contributed by atoms with E-state index in [0.717, 1.165) is 34.2 Å². The third-order valence-corrected chi connectivity index (χ3v) is 5.05. The van der Waals surface area contributed by atoms with E-state index >= 15 is 0 Å². The van der Waals surface area contributed by atoms with Crippen LogP contribution in [0.15, 0.2) is 11.6 Å². The van der Waals surface area contributed by atoms with Crippen LogP contribution in [0.25, 0.3) is 0 Å². The molecule has 0 saturated carbocycles. The lowest BCUT2D eigenvalue weighted by molar-refractivity contribution is -0.136. The molecule has 28 heavy (non-hydrogen) atoms. The molecule has 1 aliphatic rings. The first kappa shape index (κ1) is 21.5. The van der Waals surface area contributed by atoms with Gasteiger partial charge in [0.15, 0.2) is 0 Å². The van der Waals surface area contributed by atoms with Gasteiger partial charge >= 0.3 is 18.0 Å². The number of carbonyl (C=O) groups is 3. The average Bonchev–Trinajstić information content (AvgIpc) is 3.02. The van der Waals surface area contributed by atoms with E-state index in [1.165, 1.54) is 4.90 Å². The Morgan fingerprint density at radius 2 is 1.93 bits per heavy atom. The first-order chi connectivity index (χ1) is 13.2. The molecular weight excluding hydrogens is 360 g/mol. The lowest BCUT2D eigenvalue weighted by Gasteiger charge is -2.21. The van der Waals surface area contributed by atoms with Gasteiger partial charge in [-0.25, -0.2) is 9.59 Å². The molecule has 0 bridgehead atoms. The normalized spacial score (nSPS) is 13.2. The molecule has 1 aromatic carbocycles. The number of carboxylic acid groups (broad SMARTS) is 1. The quantitative estimate of drug-likeness (QED) is 0.549. The van der Waals surface area contributed by atoms with Crippen molar-refractivity contribution in [3.63, 3.8) is 0 Å². The van der Waals surface area contributed by atoms with Crippen LogP contribution in [0.1, 0.15) is 59.3 Å². The van der Waals surface area contributed by atoms with Gasteiger partial charge in [-0.3, -0.25) is 4.79 Å². The Morgan fingerprint density at radius 3 is 2.50 bits per heavy atom. The van der Waals surface area contributed by atoms with Gasteiger partial charge in [-0.05, 0) is 49.8 Å². The highest BCUT2D eigenvalue weighted by Crippen LogP contribution is 2.37. The number of amides is 2. The van der Waals surface area contributed by atoms with E-state index in [4.69, 9.17) is 9.84 Å². The van der Waals surface area contributed by atoms with Gasteiger partial charge in [-0.15, -0.1) is 0 Å². The van der Waals surface area contributed by atoms with Crippen molar-refractivity contribution in [3.05, 3.63) is 39.5 Å². The molecule has 2 N–H and O–H groups in total. The smallest absolute Gasteiger partial charge is 0.341 e. The van der Waals surface area contributed by atoms with Gasteiger partial charge < -0.3 is 20.1 Å². The minimum atomic E-state index is -0.836. The highest BCUT2D eigenvalue weighted by Gasteiger charge is 2.31. The van der Waals surface area contributed by atoms with E-state index in [1.54, 1.807) is 14.1 Å². The van der Waals surface area contributed by atoms with Crippen LogP contribution in [0, 0.1) is 6.92 Å². The number of nitrogens with zero attached hydrogens (tertiary/aromatic N) is 1. The van der Waals surface area contributed by atoms with Crippen molar-refractivity contribution in [2.45, 2.75) is 53.1 Å². The second-order valence-electron chi connectivity index (χ2n) is 7.21. The number of nitrogens with one attached hydrogen (secondary N) is 1. The molecule has 0 aliphatic carbocycles. The standard InChI is InChI=1S/C21H28N2O5/c1-6-14-13(3)16-11-28-20(26)18(16)19(22-21(27)23(4)5)15(14)9-7-12(2)8-10-17(24)25/h7H,6,8-11H2,1-5H3,(H,22,27)(H,24,25)/b12-7+. The number of allylic oxidation sites excluding steroid dienone is 2. The molecule has 1 aromatic rings. The van der Waals surface area contributed by atoms with E-state index in [-0.39, 0.29) is 19.1 Å². The van der Waals surface area contributed by atoms with E-state index in [2.05, 4.69) is 5.32 Å². The summed E-state index contributed by atoms with van der Waals surface area (Å²) in [6.07, 6.45) is 3.74. The molecule has 0 radical (unpaired) electrons. The van der Waals surface area contributed by atoms with E-state index in [0.29, 0.717) is 24.1 Å². The number of ether oxygens (including phenoxy) is 1. The number of carbonyl (C=O) groups excluding carboxylic acids is 2. The van der Waals surface area contributed by atoms with Crippen molar-refractivity contribution < 1.29 is 24.2 Å². The van der Waals surface area contributed by atoms with Crippen molar-refractivity contribution in [1.29, 1.82) is 0 Å². The van der Waals surface area contributed by atoms with Crippen LogP contribution in [0.2, 0.25) is 0 Å². The van der Waals surface area contributed by atoms with E-state index in [1.807, 2.05) is 26.8 Å². The molecule has 0 saturated heterocycles. The Kier molecular flexibility index (Phi) is 6.83. The van der Waals surface area contributed by atoms with Crippen molar-refractivity contribution in [3.8, 4) is 0 Å². The molecule has 7 heteroatoms. The molecule has 7 nitrogen and oxygen atoms in total. The SMILES string of the molecule is CCc1c(C)c2c(c(NC(=O)N(C)C)c1C/C=C(\C)CCC(=O)O)C(=O)OC2. The minimum absolute atomic E-state index is 0.0722. The number of hydrogen-bond donors (Lipinski definition) is 2. The van der Waals surface area contributed by atoms with Crippen LogP contribution in [0.3, 0.4) is 0 Å². The number of esters is 1. The number of anilines is 1. The van der Waals surface area contributed by atoms with Gasteiger partial charge in [0, 0.05) is 26.1 Å². The molecule has 0 atom stereocenters. The zero-order valence-electron chi connectivity index (χ0n) is 17.1. The number of hydrogen-bond acceptors (Lipinski definition) is 4. The van der Waals surface area contributed by atoms with Crippen LogP contribution < -0.4 is 5.32 Å². The zero-order chi connectivity index (χ0) is 21.0. The minimum Gasteiger partial charge on any atom is -0.481 e. The lowest BCUT2D eigenvalue weighted by Crippen LogP contribution is -2.29. The van der Waals surface area contributed by atoms with Gasteiger partial charge in [0.25, 0.3) is 0 Å². The average molecular weight is 388 g/mol. The van der Waals surface area contributed by atoms with Crippen LogP contribution in [0.5, 0.6) is 0 Å². The Labute approximate surface area is 165 Å². The predicted molar refractivity (Wildman–Crippen MR) is 107 cm³/mol. The number of carboxylic acids is 1. The summed E-state index contributed by atoms with van der Waals surface area (Å²) in [7, 11) is 3.27. The molecule has 2 amide bonds. The summed E-state index contributed by atoms with van der Waals surface area (Å²) in [6, 6.07) is -0.319. The van der Waals surface area contributed by atoms with E-state index in [9.17, 15) is 14.4 Å². The Hall–Kier alpha value is -2.83. The van der Waals surface area contributed by atoms with Crippen LogP contribution >= 0.6 is 0 Å². The third-order valence-electron chi connectivity index (χ3n) is 5.05. The van der Waals surface area contributed by atoms with Crippen molar-refractivity contribution in [1.82, 2.24) is 4.90 Å². The first-order valence-corrected chi connectivity index (χ1v) is 9.37. The fourth-order valence-electron chi connectivity index (χ4n) is 3.41. The molecule has 0 spiro atoms. The first-order valence-electron chi connectivity index (χ1n) is 9.37. The zero-order valence-corrected chi connectivity index (χ0v) is 17.1. The molecule has 1 aliphatic heterocycles. The summed E-state index contributed by atoms with van der Waals surface area (Å²) in [4.78, 5) is 37.0. The number of cyclic esters (lactones) is 1. The van der Waals surface area contributed by atoms with Crippen LogP contribution in [0.4, 0.5) is 10.5 Å². The number of benzene rings is 1. The summed E-state index contributed by atoms with van der Waals surface area (Å²) in [6.45, 7) is 6.11. The highest BCUT2D eigenvalue weighted by molar-refractivity contribution is 6.05. The van der Waals surface area contributed by atoms with Crippen LogP contribution in [-0.2, 0) is 29.0 Å². The summed E-state index contributed by atoms with van der Waals surface area (Å²) in [5.74, 6) is -1.26. The van der Waals surface area contributed by atoms with Crippen molar-refractivity contribution in [2.24, 2.45) is 0 Å². The Bertz CT molecular complexity index is 840. The largest absolute Gasteiger partial charge is 0.481 e.